The minimum Gasteiger partial charge on any atom is -0.497 e. The first kappa shape index (κ1) is 21.6. The Morgan fingerprint density at radius 1 is 0.900 bits per heavy atom. The lowest BCUT2D eigenvalue weighted by Crippen LogP contribution is -2.41. The summed E-state index contributed by atoms with van der Waals surface area (Å²) in [5.41, 5.74) is 0.374. The molecule has 2 amide bonds. The van der Waals surface area contributed by atoms with Gasteiger partial charge < -0.3 is 24.8 Å². The summed E-state index contributed by atoms with van der Waals surface area (Å²) in [6.45, 7) is 0. The molecule has 1 aliphatic carbocycles. The van der Waals surface area contributed by atoms with Crippen LogP contribution in [0.1, 0.15) is 25.7 Å². The number of methoxy groups -OCH3 is 1. The van der Waals surface area contributed by atoms with Crippen LogP contribution in [-0.2, 0) is 0 Å². The zero-order valence-corrected chi connectivity index (χ0v) is 16.4. The summed E-state index contributed by atoms with van der Waals surface area (Å²) in [7, 11) is 1.61. The van der Waals surface area contributed by atoms with E-state index in [4.69, 9.17) is 9.47 Å². The lowest BCUT2D eigenvalue weighted by Gasteiger charge is -2.29. The minimum absolute atomic E-state index is 0.00792. The Morgan fingerprint density at radius 2 is 1.47 bits per heavy atom. The van der Waals surface area contributed by atoms with Gasteiger partial charge in [0.2, 0.25) is 0 Å². The molecule has 2 aromatic carbocycles. The first-order chi connectivity index (χ1) is 14.3. The molecule has 2 N–H and O–H groups in total. The lowest BCUT2D eigenvalue weighted by molar-refractivity contribution is -0.274. The first-order valence-electron chi connectivity index (χ1n) is 9.55. The van der Waals surface area contributed by atoms with Crippen LogP contribution in [0.2, 0.25) is 0 Å². The first-order valence-corrected chi connectivity index (χ1v) is 9.55. The molecule has 1 fully saturated rings. The van der Waals surface area contributed by atoms with Crippen molar-refractivity contribution in [3.63, 3.8) is 0 Å². The fourth-order valence-corrected chi connectivity index (χ4v) is 3.26. The summed E-state index contributed by atoms with van der Waals surface area (Å²) < 4.78 is 51.4. The third kappa shape index (κ3) is 6.75. The number of halogens is 3. The van der Waals surface area contributed by atoms with Gasteiger partial charge in [0.1, 0.15) is 17.2 Å². The van der Waals surface area contributed by atoms with E-state index >= 15 is 0 Å². The quantitative estimate of drug-likeness (QED) is 0.677. The summed E-state index contributed by atoms with van der Waals surface area (Å²) in [5.74, 6) is 1.20. The molecule has 2 aromatic rings. The van der Waals surface area contributed by atoms with Crippen LogP contribution in [0, 0.1) is 0 Å². The summed E-state index contributed by atoms with van der Waals surface area (Å²) >= 11 is 0. The predicted molar refractivity (Wildman–Crippen MR) is 105 cm³/mol. The summed E-state index contributed by atoms with van der Waals surface area (Å²) in [6.07, 6.45) is -1.51. The molecular weight excluding hydrogens is 401 g/mol. The molecule has 0 atom stereocenters. The number of rotatable bonds is 6. The van der Waals surface area contributed by atoms with Gasteiger partial charge in [0, 0.05) is 11.7 Å². The number of carbonyl (C=O) groups is 1. The third-order valence-electron chi connectivity index (χ3n) is 4.72. The summed E-state index contributed by atoms with van der Waals surface area (Å²) in [6, 6.07) is 12.0. The number of nitrogens with one attached hydrogen (secondary N) is 2. The van der Waals surface area contributed by atoms with Gasteiger partial charge in [-0.05, 0) is 74.2 Å². The molecule has 6 nitrogen and oxygen atoms in total. The number of hydrogen-bond acceptors (Lipinski definition) is 4. The van der Waals surface area contributed by atoms with Gasteiger partial charge >= 0.3 is 12.4 Å². The molecule has 0 bridgehead atoms. The number of hydrogen-bond donors (Lipinski definition) is 2. The highest BCUT2D eigenvalue weighted by Crippen LogP contribution is 2.26. The Bertz CT molecular complexity index is 818. The van der Waals surface area contributed by atoms with Crippen molar-refractivity contribution in [3.8, 4) is 17.2 Å². The van der Waals surface area contributed by atoms with Crippen LogP contribution in [0.5, 0.6) is 17.2 Å². The van der Waals surface area contributed by atoms with E-state index in [-0.39, 0.29) is 17.9 Å². The summed E-state index contributed by atoms with van der Waals surface area (Å²) in [5, 5.41) is 5.50. The van der Waals surface area contributed by atoms with Crippen molar-refractivity contribution in [2.75, 3.05) is 12.4 Å². The van der Waals surface area contributed by atoms with Crippen LogP contribution >= 0.6 is 0 Å². The number of amides is 2. The zero-order valence-electron chi connectivity index (χ0n) is 16.4. The number of benzene rings is 2. The molecule has 0 saturated heterocycles. The molecule has 1 aliphatic rings. The molecular formula is C21H23F3N2O4. The standard InChI is InChI=1S/C21H23F3N2O4/c1-28-16-10-12-18(13-11-16)29-17-6-2-14(3-7-17)25-20(27)26-15-4-8-19(9-5-15)30-21(22,23)24/h4-5,8-14,17H,2-3,6-7H2,1H3,(H2,25,26,27)/t14-,17-. The maximum atomic E-state index is 12.2. The van der Waals surface area contributed by atoms with Gasteiger partial charge in [-0.3, -0.25) is 0 Å². The smallest absolute Gasteiger partial charge is 0.497 e. The molecule has 9 heteroatoms. The molecule has 0 aromatic heterocycles. The van der Waals surface area contributed by atoms with E-state index in [0.29, 0.717) is 5.69 Å². The van der Waals surface area contributed by atoms with Crippen LogP contribution in [0.4, 0.5) is 23.7 Å². The van der Waals surface area contributed by atoms with Gasteiger partial charge in [-0.25, -0.2) is 4.79 Å². The molecule has 0 spiro atoms. The second kappa shape index (κ2) is 9.60. The fraction of sp³-hybridized carbons (Fsp3) is 0.381. The van der Waals surface area contributed by atoms with Crippen molar-refractivity contribution >= 4 is 11.7 Å². The van der Waals surface area contributed by atoms with E-state index in [1.807, 2.05) is 24.3 Å². The average Bonchev–Trinajstić information content (AvgIpc) is 2.70. The van der Waals surface area contributed by atoms with Gasteiger partial charge in [-0.1, -0.05) is 0 Å². The largest absolute Gasteiger partial charge is 0.573 e. The zero-order chi connectivity index (χ0) is 21.6. The Balaban J connectivity index is 1.40. The summed E-state index contributed by atoms with van der Waals surface area (Å²) in [4.78, 5) is 12.2. The molecule has 0 radical (unpaired) electrons. The van der Waals surface area contributed by atoms with E-state index < -0.39 is 12.4 Å². The van der Waals surface area contributed by atoms with Crippen molar-refractivity contribution in [1.29, 1.82) is 0 Å². The SMILES string of the molecule is COc1ccc(O[C@H]2CC[C@H](NC(=O)Nc3ccc(OC(F)(F)F)cc3)CC2)cc1. The predicted octanol–water partition coefficient (Wildman–Crippen LogP) is 5.11. The second-order valence-electron chi connectivity index (χ2n) is 6.94. The van der Waals surface area contributed by atoms with E-state index in [2.05, 4.69) is 15.4 Å². The number of urea groups is 1. The van der Waals surface area contributed by atoms with Gasteiger partial charge in [0.05, 0.1) is 13.2 Å². The highest BCUT2D eigenvalue weighted by Gasteiger charge is 2.31. The Morgan fingerprint density at radius 3 is 2.03 bits per heavy atom. The highest BCUT2D eigenvalue weighted by atomic mass is 19.4. The van der Waals surface area contributed by atoms with Crippen molar-refractivity contribution in [3.05, 3.63) is 48.5 Å². The van der Waals surface area contributed by atoms with Crippen LogP contribution in [0.15, 0.2) is 48.5 Å². The molecule has 1 saturated carbocycles. The van der Waals surface area contributed by atoms with E-state index in [9.17, 15) is 18.0 Å². The van der Waals surface area contributed by atoms with E-state index in [1.54, 1.807) is 7.11 Å². The van der Waals surface area contributed by atoms with Crippen LogP contribution in [0.25, 0.3) is 0 Å². The topological polar surface area (TPSA) is 68.8 Å². The van der Waals surface area contributed by atoms with Crippen molar-refractivity contribution < 1.29 is 32.2 Å². The highest BCUT2D eigenvalue weighted by molar-refractivity contribution is 5.89. The molecule has 0 unspecified atom stereocenters. The van der Waals surface area contributed by atoms with Crippen molar-refractivity contribution in [2.45, 2.75) is 44.2 Å². The maximum Gasteiger partial charge on any atom is 0.573 e. The number of alkyl halides is 3. The Labute approximate surface area is 172 Å². The van der Waals surface area contributed by atoms with Gasteiger partial charge in [-0.2, -0.15) is 0 Å². The molecule has 3 rings (SSSR count). The normalized spacial score (nSPS) is 18.9. The second-order valence-corrected chi connectivity index (χ2v) is 6.94. The Hall–Kier alpha value is -3.10. The number of anilines is 1. The third-order valence-corrected chi connectivity index (χ3v) is 4.72. The lowest BCUT2D eigenvalue weighted by atomic mass is 9.93. The monoisotopic (exact) mass is 424 g/mol. The molecule has 0 heterocycles. The van der Waals surface area contributed by atoms with Crippen molar-refractivity contribution in [1.82, 2.24) is 5.32 Å². The van der Waals surface area contributed by atoms with E-state index in [0.717, 1.165) is 49.3 Å². The van der Waals surface area contributed by atoms with Crippen LogP contribution in [0.3, 0.4) is 0 Å². The van der Waals surface area contributed by atoms with Crippen LogP contribution < -0.4 is 24.8 Å². The molecule has 162 valence electrons. The molecule has 30 heavy (non-hydrogen) atoms. The average molecular weight is 424 g/mol. The van der Waals surface area contributed by atoms with Gasteiger partial charge in [-0.15, -0.1) is 13.2 Å². The van der Waals surface area contributed by atoms with E-state index in [1.165, 1.54) is 12.1 Å². The van der Waals surface area contributed by atoms with Crippen LogP contribution in [-0.4, -0.2) is 31.6 Å². The number of ether oxygens (including phenoxy) is 3. The maximum absolute atomic E-state index is 12.2. The number of carbonyl (C=O) groups excluding carboxylic acids is 1. The van der Waals surface area contributed by atoms with Crippen molar-refractivity contribution in [2.24, 2.45) is 0 Å². The Kier molecular flexibility index (Phi) is 6.91. The molecule has 0 aliphatic heterocycles. The van der Waals surface area contributed by atoms with Gasteiger partial charge in [0.25, 0.3) is 0 Å². The van der Waals surface area contributed by atoms with Gasteiger partial charge in [0.15, 0.2) is 0 Å². The fourth-order valence-electron chi connectivity index (χ4n) is 3.26. The minimum atomic E-state index is -4.75.